The SMILES string of the molecule is C=O.N[C@@H]1CCC2SC[C@H](CO)N2C1=O. The number of aliphatic hydroxyl groups excluding tert-OH is 1. The molecule has 1 unspecified atom stereocenters. The van der Waals surface area contributed by atoms with Crippen LogP contribution in [0.1, 0.15) is 12.8 Å². The molecule has 2 aliphatic rings. The van der Waals surface area contributed by atoms with Crippen molar-refractivity contribution < 1.29 is 14.7 Å². The molecule has 5 nitrogen and oxygen atoms in total. The van der Waals surface area contributed by atoms with Crippen LogP contribution in [-0.4, -0.2) is 52.5 Å². The maximum absolute atomic E-state index is 11.7. The number of nitrogens with two attached hydrogens (primary N) is 1. The van der Waals surface area contributed by atoms with Crippen molar-refractivity contribution in [3.05, 3.63) is 0 Å². The zero-order valence-corrected chi connectivity index (χ0v) is 9.28. The lowest BCUT2D eigenvalue weighted by Crippen LogP contribution is -2.54. The molecule has 2 aliphatic heterocycles. The van der Waals surface area contributed by atoms with E-state index in [4.69, 9.17) is 15.6 Å². The van der Waals surface area contributed by atoms with Crippen LogP contribution in [0.25, 0.3) is 0 Å². The van der Waals surface area contributed by atoms with Gasteiger partial charge in [-0.3, -0.25) is 4.79 Å². The Morgan fingerprint density at radius 3 is 2.80 bits per heavy atom. The molecule has 15 heavy (non-hydrogen) atoms. The molecule has 6 heteroatoms. The molecule has 2 heterocycles. The Kier molecular flexibility index (Phi) is 4.56. The molecular formula is C9H16N2O3S. The first kappa shape index (κ1) is 12.5. The Labute approximate surface area is 93.0 Å². The molecule has 0 aromatic heterocycles. The summed E-state index contributed by atoms with van der Waals surface area (Å²) in [6.45, 7) is 2.06. The fraction of sp³-hybridized carbons (Fsp3) is 0.778. The number of fused-ring (bicyclic) bond motifs is 1. The van der Waals surface area contributed by atoms with Gasteiger partial charge >= 0.3 is 0 Å². The molecule has 0 radical (unpaired) electrons. The van der Waals surface area contributed by atoms with E-state index in [1.165, 1.54) is 0 Å². The summed E-state index contributed by atoms with van der Waals surface area (Å²) in [6.07, 6.45) is 1.75. The second-order valence-electron chi connectivity index (χ2n) is 3.55. The van der Waals surface area contributed by atoms with E-state index < -0.39 is 0 Å². The van der Waals surface area contributed by atoms with Gasteiger partial charge in [-0.05, 0) is 12.8 Å². The average molecular weight is 232 g/mol. The van der Waals surface area contributed by atoms with Gasteiger partial charge in [0.1, 0.15) is 6.79 Å². The fourth-order valence-corrected chi connectivity index (χ4v) is 3.39. The third-order valence-electron chi connectivity index (χ3n) is 2.69. The van der Waals surface area contributed by atoms with Gasteiger partial charge in [0.25, 0.3) is 0 Å². The van der Waals surface area contributed by atoms with E-state index in [9.17, 15) is 4.79 Å². The minimum absolute atomic E-state index is 0.00569. The van der Waals surface area contributed by atoms with Crippen LogP contribution in [0.5, 0.6) is 0 Å². The van der Waals surface area contributed by atoms with Crippen molar-refractivity contribution in [2.24, 2.45) is 5.73 Å². The molecule has 86 valence electrons. The van der Waals surface area contributed by atoms with E-state index in [0.717, 1.165) is 18.6 Å². The average Bonchev–Trinajstić information content (AvgIpc) is 2.70. The van der Waals surface area contributed by atoms with Crippen molar-refractivity contribution in [3.63, 3.8) is 0 Å². The Balaban J connectivity index is 0.000000531. The number of hydrogen-bond acceptors (Lipinski definition) is 5. The fourth-order valence-electron chi connectivity index (χ4n) is 1.94. The van der Waals surface area contributed by atoms with Crippen LogP contribution in [-0.2, 0) is 9.59 Å². The summed E-state index contributed by atoms with van der Waals surface area (Å²) in [5.74, 6) is 0.861. The summed E-state index contributed by atoms with van der Waals surface area (Å²) in [7, 11) is 0. The molecule has 0 aromatic rings. The summed E-state index contributed by atoms with van der Waals surface area (Å²) in [5, 5.41) is 9.33. The summed E-state index contributed by atoms with van der Waals surface area (Å²) >= 11 is 1.75. The monoisotopic (exact) mass is 232 g/mol. The number of piperidine rings is 1. The maximum atomic E-state index is 11.7. The third-order valence-corrected chi connectivity index (χ3v) is 4.12. The van der Waals surface area contributed by atoms with Gasteiger partial charge in [-0.1, -0.05) is 0 Å². The third kappa shape index (κ3) is 2.32. The zero-order chi connectivity index (χ0) is 11.4. The molecule has 0 saturated carbocycles. The van der Waals surface area contributed by atoms with Crippen LogP contribution in [0, 0.1) is 0 Å². The molecule has 1 amide bonds. The molecule has 0 aliphatic carbocycles. The van der Waals surface area contributed by atoms with Crippen LogP contribution in [0.3, 0.4) is 0 Å². The molecule has 2 rings (SSSR count). The van der Waals surface area contributed by atoms with Gasteiger partial charge in [-0.15, -0.1) is 11.8 Å². The van der Waals surface area contributed by atoms with E-state index >= 15 is 0 Å². The second kappa shape index (κ2) is 5.48. The largest absolute Gasteiger partial charge is 0.394 e. The van der Waals surface area contributed by atoms with Crippen LogP contribution in [0.4, 0.5) is 0 Å². The lowest BCUT2D eigenvalue weighted by molar-refractivity contribution is -0.138. The van der Waals surface area contributed by atoms with Crippen LogP contribution in [0.2, 0.25) is 0 Å². The van der Waals surface area contributed by atoms with Gasteiger partial charge in [0.05, 0.1) is 24.1 Å². The van der Waals surface area contributed by atoms with Crippen molar-refractivity contribution in [1.29, 1.82) is 0 Å². The first-order chi connectivity index (χ1) is 7.24. The van der Waals surface area contributed by atoms with Crippen molar-refractivity contribution >= 4 is 24.5 Å². The van der Waals surface area contributed by atoms with Gasteiger partial charge in [-0.2, -0.15) is 0 Å². The van der Waals surface area contributed by atoms with Crippen molar-refractivity contribution in [1.82, 2.24) is 4.90 Å². The van der Waals surface area contributed by atoms with Crippen molar-refractivity contribution in [3.8, 4) is 0 Å². The minimum Gasteiger partial charge on any atom is -0.394 e. The number of carbonyl (C=O) groups is 2. The highest BCUT2D eigenvalue weighted by atomic mass is 32.2. The van der Waals surface area contributed by atoms with E-state index in [2.05, 4.69) is 0 Å². The number of hydrogen-bond donors (Lipinski definition) is 2. The first-order valence-electron chi connectivity index (χ1n) is 4.83. The Morgan fingerprint density at radius 1 is 1.53 bits per heavy atom. The molecular weight excluding hydrogens is 216 g/mol. The van der Waals surface area contributed by atoms with E-state index in [1.807, 2.05) is 6.79 Å². The first-order valence-corrected chi connectivity index (χ1v) is 5.88. The predicted octanol–water partition coefficient (Wildman–Crippen LogP) is -0.815. The highest BCUT2D eigenvalue weighted by molar-refractivity contribution is 8.00. The predicted molar refractivity (Wildman–Crippen MR) is 58.3 cm³/mol. The molecule has 0 spiro atoms. The van der Waals surface area contributed by atoms with Crippen LogP contribution < -0.4 is 5.73 Å². The second-order valence-corrected chi connectivity index (χ2v) is 4.76. The molecule has 0 aromatic carbocycles. The summed E-state index contributed by atoms with van der Waals surface area (Å²) < 4.78 is 0. The van der Waals surface area contributed by atoms with Gasteiger partial charge in [0, 0.05) is 5.75 Å². The molecule has 2 fully saturated rings. The van der Waals surface area contributed by atoms with Gasteiger partial charge in [0.2, 0.25) is 5.91 Å². The number of rotatable bonds is 1. The van der Waals surface area contributed by atoms with Crippen LogP contribution in [0.15, 0.2) is 0 Å². The standard InChI is InChI=1S/C8H14N2O2S.CH2O/c9-6-1-2-7-10(8(6)12)5(3-11)4-13-7;1-2/h5-7,11H,1-4,9H2;1H2/t5-,6+,7?;/m0./s1. The van der Waals surface area contributed by atoms with E-state index in [1.54, 1.807) is 16.7 Å². The summed E-state index contributed by atoms with van der Waals surface area (Å²) in [4.78, 5) is 21.4. The smallest absolute Gasteiger partial charge is 0.240 e. The van der Waals surface area contributed by atoms with Gasteiger partial charge < -0.3 is 20.5 Å². The number of nitrogens with zero attached hydrogens (tertiary/aromatic N) is 1. The quantitative estimate of drug-likeness (QED) is 0.617. The Bertz CT molecular complexity index is 233. The van der Waals surface area contributed by atoms with Gasteiger partial charge in [0.15, 0.2) is 0 Å². The number of carbonyl (C=O) groups excluding carboxylic acids is 2. The topological polar surface area (TPSA) is 83.6 Å². The van der Waals surface area contributed by atoms with Crippen molar-refractivity contribution in [2.75, 3.05) is 12.4 Å². The van der Waals surface area contributed by atoms with Crippen LogP contribution >= 0.6 is 11.8 Å². The summed E-state index contributed by atoms with van der Waals surface area (Å²) in [5.41, 5.74) is 5.67. The molecule has 2 saturated heterocycles. The summed E-state index contributed by atoms with van der Waals surface area (Å²) in [6, 6.07) is -0.349. The van der Waals surface area contributed by atoms with E-state index in [0.29, 0.717) is 0 Å². The molecule has 0 bridgehead atoms. The molecule has 3 N–H and O–H groups in total. The lowest BCUT2D eigenvalue weighted by atomic mass is 10.0. The number of amides is 1. The number of aliphatic hydroxyl groups is 1. The van der Waals surface area contributed by atoms with Gasteiger partial charge in [-0.25, -0.2) is 0 Å². The minimum atomic E-state index is -0.344. The number of thioether (sulfide) groups is 1. The Hall–Kier alpha value is -0.590. The highest BCUT2D eigenvalue weighted by Gasteiger charge is 2.42. The van der Waals surface area contributed by atoms with Crippen molar-refractivity contribution in [2.45, 2.75) is 30.3 Å². The lowest BCUT2D eigenvalue weighted by Gasteiger charge is -2.35. The normalized spacial score (nSPS) is 34.4. The maximum Gasteiger partial charge on any atom is 0.240 e. The zero-order valence-electron chi connectivity index (χ0n) is 8.46. The highest BCUT2D eigenvalue weighted by Crippen LogP contribution is 2.35. The Morgan fingerprint density at radius 2 is 2.20 bits per heavy atom. The van der Waals surface area contributed by atoms with E-state index in [-0.39, 0.29) is 30.0 Å². The molecule has 3 atom stereocenters.